The van der Waals surface area contributed by atoms with Crippen LogP contribution in [0.15, 0.2) is 72.8 Å². The van der Waals surface area contributed by atoms with E-state index in [9.17, 15) is 13.2 Å². The summed E-state index contributed by atoms with van der Waals surface area (Å²) < 4.78 is 44.8. The molecule has 1 unspecified atom stereocenters. The molecule has 4 rings (SSSR count). The highest BCUT2D eigenvalue weighted by atomic mass is 35.5. The van der Waals surface area contributed by atoms with Crippen LogP contribution in [-0.4, -0.2) is 11.7 Å². The first kappa shape index (κ1) is 20.5. The van der Waals surface area contributed by atoms with Crippen molar-refractivity contribution in [2.75, 3.05) is 11.4 Å². The second-order valence-electron chi connectivity index (χ2n) is 6.79. The van der Waals surface area contributed by atoms with Gasteiger partial charge < -0.3 is 15.0 Å². The van der Waals surface area contributed by atoms with Gasteiger partial charge in [-0.15, -0.1) is 0 Å². The predicted molar refractivity (Wildman–Crippen MR) is 115 cm³/mol. The summed E-state index contributed by atoms with van der Waals surface area (Å²) in [7, 11) is 0. The number of anilines is 1. The number of nitrogens with one attached hydrogen (secondary N) is 1. The highest BCUT2D eigenvalue weighted by Gasteiger charge is 2.33. The van der Waals surface area contributed by atoms with Crippen molar-refractivity contribution in [1.82, 2.24) is 5.32 Å². The van der Waals surface area contributed by atoms with Crippen LogP contribution in [0.3, 0.4) is 0 Å². The Morgan fingerprint density at radius 1 is 0.967 bits per heavy atom. The molecule has 0 amide bonds. The molecule has 1 N–H and O–H groups in total. The molecule has 0 spiro atoms. The molecule has 1 aliphatic rings. The lowest BCUT2D eigenvalue weighted by Crippen LogP contribution is -2.27. The summed E-state index contributed by atoms with van der Waals surface area (Å²) in [4.78, 5) is 1.85. The maximum Gasteiger partial charge on any atom is 0.416 e. The summed E-state index contributed by atoms with van der Waals surface area (Å²) in [6, 6.07) is 19.3. The lowest BCUT2D eigenvalue weighted by atomic mass is 10.0. The fourth-order valence-electron chi connectivity index (χ4n) is 3.21. The first-order valence-electron chi connectivity index (χ1n) is 9.08. The van der Waals surface area contributed by atoms with Crippen LogP contribution < -0.4 is 15.0 Å². The molecule has 154 valence electrons. The molecule has 1 aliphatic heterocycles. The molecule has 0 bridgehead atoms. The van der Waals surface area contributed by atoms with E-state index in [1.807, 2.05) is 29.2 Å². The fraction of sp³-hybridized carbons (Fsp3) is 0.136. The Morgan fingerprint density at radius 2 is 1.60 bits per heavy atom. The van der Waals surface area contributed by atoms with Crippen LogP contribution in [0.5, 0.6) is 11.5 Å². The first-order valence-corrected chi connectivity index (χ1v) is 9.87. The first-order chi connectivity index (χ1) is 14.3. The molecule has 3 nitrogen and oxygen atoms in total. The van der Waals surface area contributed by atoms with Gasteiger partial charge in [0.05, 0.1) is 11.6 Å². The monoisotopic (exact) mass is 448 g/mol. The third-order valence-corrected chi connectivity index (χ3v) is 5.31. The van der Waals surface area contributed by atoms with Gasteiger partial charge in [-0.3, -0.25) is 0 Å². The second kappa shape index (κ2) is 8.16. The summed E-state index contributed by atoms with van der Waals surface area (Å²) in [5.74, 6) is 1.31. The van der Waals surface area contributed by atoms with Crippen molar-refractivity contribution in [3.8, 4) is 11.5 Å². The van der Waals surface area contributed by atoms with Gasteiger partial charge in [0.1, 0.15) is 11.5 Å². The molecule has 8 heteroatoms. The van der Waals surface area contributed by atoms with E-state index < -0.39 is 11.7 Å². The van der Waals surface area contributed by atoms with Gasteiger partial charge >= 0.3 is 6.18 Å². The second-order valence-corrected chi connectivity index (χ2v) is 7.61. The average molecular weight is 449 g/mol. The zero-order valence-corrected chi connectivity index (χ0v) is 17.1. The van der Waals surface area contributed by atoms with Crippen LogP contribution in [0, 0.1) is 0 Å². The molecule has 1 saturated heterocycles. The highest BCUT2D eigenvalue weighted by Crippen LogP contribution is 2.33. The molecular weight excluding hydrogens is 433 g/mol. The maximum atomic E-state index is 13.0. The van der Waals surface area contributed by atoms with Crippen molar-refractivity contribution in [1.29, 1.82) is 0 Å². The number of thiocarbonyl (C=S) groups is 1. The van der Waals surface area contributed by atoms with Gasteiger partial charge in [-0.25, -0.2) is 0 Å². The lowest BCUT2D eigenvalue weighted by molar-refractivity contribution is -0.137. The predicted octanol–water partition coefficient (Wildman–Crippen LogP) is 6.59. The van der Waals surface area contributed by atoms with Gasteiger partial charge in [0.2, 0.25) is 0 Å². The number of rotatable bonds is 4. The zero-order valence-electron chi connectivity index (χ0n) is 15.5. The van der Waals surface area contributed by atoms with Crippen LogP contribution >= 0.6 is 23.8 Å². The summed E-state index contributed by atoms with van der Waals surface area (Å²) in [5.41, 5.74) is 0.692. The number of halogens is 4. The summed E-state index contributed by atoms with van der Waals surface area (Å²) in [6.45, 7) is 0.428. The van der Waals surface area contributed by atoms with E-state index >= 15 is 0 Å². The van der Waals surface area contributed by atoms with Gasteiger partial charge in [-0.1, -0.05) is 23.7 Å². The third-order valence-electron chi connectivity index (χ3n) is 4.72. The quantitative estimate of drug-likeness (QED) is 0.455. The molecule has 3 aromatic carbocycles. The summed E-state index contributed by atoms with van der Waals surface area (Å²) in [5, 5.41) is 4.19. The van der Waals surface area contributed by atoms with Crippen LogP contribution in [-0.2, 0) is 6.18 Å². The van der Waals surface area contributed by atoms with E-state index in [1.165, 1.54) is 6.07 Å². The molecule has 0 radical (unpaired) electrons. The van der Waals surface area contributed by atoms with Crippen molar-refractivity contribution in [3.05, 3.63) is 88.9 Å². The smallest absolute Gasteiger partial charge is 0.416 e. The Labute approximate surface area is 182 Å². The highest BCUT2D eigenvalue weighted by molar-refractivity contribution is 7.80. The Kier molecular flexibility index (Phi) is 5.58. The van der Waals surface area contributed by atoms with E-state index in [-0.39, 0.29) is 6.04 Å². The normalized spacial score (nSPS) is 16.5. The molecule has 0 aromatic heterocycles. The van der Waals surface area contributed by atoms with Crippen molar-refractivity contribution >= 4 is 34.6 Å². The Hall–Kier alpha value is -2.77. The molecular formula is C22H16ClF3N2OS. The Balaban J connectivity index is 1.47. The number of nitrogens with zero attached hydrogens (tertiary/aromatic N) is 1. The number of alkyl halides is 3. The zero-order chi connectivity index (χ0) is 21.3. The molecule has 0 saturated carbocycles. The van der Waals surface area contributed by atoms with E-state index in [2.05, 4.69) is 5.32 Å². The minimum Gasteiger partial charge on any atom is -0.457 e. The molecule has 3 aromatic rings. The molecule has 0 aliphatic carbocycles. The minimum atomic E-state index is -4.38. The fourth-order valence-corrected chi connectivity index (χ4v) is 3.66. The van der Waals surface area contributed by atoms with Crippen LogP contribution in [0.4, 0.5) is 18.9 Å². The summed E-state index contributed by atoms with van der Waals surface area (Å²) in [6.07, 6.45) is -4.38. The van der Waals surface area contributed by atoms with Crippen molar-refractivity contribution in [2.45, 2.75) is 12.2 Å². The van der Waals surface area contributed by atoms with E-state index in [0.717, 1.165) is 17.8 Å². The van der Waals surface area contributed by atoms with E-state index in [4.69, 9.17) is 28.6 Å². The number of hydrogen-bond donors (Lipinski definition) is 1. The van der Waals surface area contributed by atoms with E-state index in [1.54, 1.807) is 30.3 Å². The maximum absolute atomic E-state index is 13.0. The van der Waals surface area contributed by atoms with Crippen LogP contribution in [0.25, 0.3) is 0 Å². The SMILES string of the molecule is FC(F)(F)c1cccc(C2CN(c3ccc(Oc4ccc(Cl)cc4)cc3)C(=S)N2)c1. The topological polar surface area (TPSA) is 24.5 Å². The van der Waals surface area contributed by atoms with Gasteiger partial charge in [0, 0.05) is 17.3 Å². The largest absolute Gasteiger partial charge is 0.457 e. The third kappa shape index (κ3) is 4.52. The van der Waals surface area contributed by atoms with E-state index in [0.29, 0.717) is 33.7 Å². The number of hydrogen-bond acceptors (Lipinski definition) is 2. The lowest BCUT2D eigenvalue weighted by Gasteiger charge is -2.17. The average Bonchev–Trinajstić information content (AvgIpc) is 3.11. The molecule has 30 heavy (non-hydrogen) atoms. The van der Waals surface area contributed by atoms with Gasteiger partial charge in [0.15, 0.2) is 5.11 Å². The van der Waals surface area contributed by atoms with Gasteiger partial charge in [-0.2, -0.15) is 13.2 Å². The van der Waals surface area contributed by atoms with Gasteiger partial charge in [0.25, 0.3) is 0 Å². The standard InChI is InChI=1S/C22H16ClF3N2OS/c23-16-4-8-18(9-5-16)29-19-10-6-17(7-11-19)28-13-20(27-21(28)30)14-2-1-3-15(12-14)22(24,25)26/h1-12,20H,13H2,(H,27,30). The van der Waals surface area contributed by atoms with Crippen molar-refractivity contribution < 1.29 is 17.9 Å². The molecule has 1 fully saturated rings. The van der Waals surface area contributed by atoms with Crippen molar-refractivity contribution in [2.24, 2.45) is 0 Å². The minimum absolute atomic E-state index is 0.329. The van der Waals surface area contributed by atoms with Crippen LogP contribution in [0.2, 0.25) is 5.02 Å². The van der Waals surface area contributed by atoms with Gasteiger partial charge in [-0.05, 0) is 78.4 Å². The molecule has 1 atom stereocenters. The van der Waals surface area contributed by atoms with Crippen LogP contribution in [0.1, 0.15) is 17.2 Å². The molecule has 1 heterocycles. The number of benzene rings is 3. The Morgan fingerprint density at radius 3 is 2.23 bits per heavy atom. The van der Waals surface area contributed by atoms with Crippen molar-refractivity contribution in [3.63, 3.8) is 0 Å². The number of ether oxygens (including phenoxy) is 1. The summed E-state index contributed by atoms with van der Waals surface area (Å²) >= 11 is 11.3. The Bertz CT molecular complexity index is 1060.